The van der Waals surface area contributed by atoms with Crippen LogP contribution in [0, 0.1) is 12.3 Å². The highest BCUT2D eigenvalue weighted by Gasteiger charge is 2.43. The van der Waals surface area contributed by atoms with E-state index in [9.17, 15) is 9.59 Å². The third-order valence-corrected chi connectivity index (χ3v) is 8.08. The van der Waals surface area contributed by atoms with Crippen LogP contribution >= 0.6 is 35.0 Å². The van der Waals surface area contributed by atoms with E-state index in [-0.39, 0.29) is 16.8 Å². The fourth-order valence-electron chi connectivity index (χ4n) is 4.93. The summed E-state index contributed by atoms with van der Waals surface area (Å²) in [5.41, 5.74) is 4.37. The molecule has 2 aliphatic rings. The Morgan fingerprint density at radius 1 is 1.11 bits per heavy atom. The van der Waals surface area contributed by atoms with Crippen LogP contribution < -0.4 is 10.9 Å². The Bertz CT molecular complexity index is 1440. The number of fused-ring (bicyclic) bond motifs is 1. The van der Waals surface area contributed by atoms with Gasteiger partial charge in [0.25, 0.3) is 5.56 Å². The molecule has 0 saturated heterocycles. The Labute approximate surface area is 218 Å². The molecule has 2 aromatic carbocycles. The monoisotopic (exact) mass is 525 g/mol. The lowest BCUT2D eigenvalue weighted by molar-refractivity contribution is -0.118. The number of aromatic nitrogens is 2. The number of hydrogen-bond acceptors (Lipinski definition) is 5. The first-order valence-corrected chi connectivity index (χ1v) is 13.2. The molecule has 2 N–H and O–H groups in total. The third-order valence-electron chi connectivity index (χ3n) is 6.60. The highest BCUT2D eigenvalue weighted by Crippen LogP contribution is 2.49. The van der Waals surface area contributed by atoms with E-state index in [0.717, 1.165) is 5.70 Å². The van der Waals surface area contributed by atoms with Gasteiger partial charge in [0.05, 0.1) is 5.56 Å². The molecule has 8 heteroatoms. The third kappa shape index (κ3) is 4.67. The molecule has 0 amide bonds. The largest absolute Gasteiger partial charge is 0.343 e. The van der Waals surface area contributed by atoms with Crippen LogP contribution in [0.5, 0.6) is 0 Å². The van der Waals surface area contributed by atoms with Gasteiger partial charge < -0.3 is 10.3 Å². The molecule has 1 aromatic heterocycles. The second kappa shape index (κ2) is 9.16. The van der Waals surface area contributed by atoms with Gasteiger partial charge in [0.15, 0.2) is 10.9 Å². The Morgan fingerprint density at radius 3 is 2.63 bits per heavy atom. The highest BCUT2D eigenvalue weighted by atomic mass is 35.5. The summed E-state index contributed by atoms with van der Waals surface area (Å²) < 4.78 is 0. The van der Waals surface area contributed by atoms with E-state index in [1.807, 2.05) is 12.1 Å². The molecule has 2 heterocycles. The van der Waals surface area contributed by atoms with E-state index in [2.05, 4.69) is 43.2 Å². The maximum absolute atomic E-state index is 13.5. The van der Waals surface area contributed by atoms with E-state index in [1.54, 1.807) is 18.2 Å². The zero-order valence-corrected chi connectivity index (χ0v) is 22.0. The van der Waals surface area contributed by atoms with Crippen molar-refractivity contribution in [3.63, 3.8) is 0 Å². The van der Waals surface area contributed by atoms with E-state index in [4.69, 9.17) is 28.2 Å². The molecule has 1 aliphatic heterocycles. The summed E-state index contributed by atoms with van der Waals surface area (Å²) in [5.74, 6) is 0.561. The number of aryl methyl sites for hydroxylation is 1. The smallest absolute Gasteiger partial charge is 0.257 e. The van der Waals surface area contributed by atoms with Crippen molar-refractivity contribution in [3.8, 4) is 0 Å². The number of nitrogens with zero attached hydrogens (tertiary/aromatic N) is 1. The number of halogens is 2. The quantitative estimate of drug-likeness (QED) is 0.286. The van der Waals surface area contributed by atoms with Crippen molar-refractivity contribution in [2.45, 2.75) is 50.4 Å². The first-order valence-electron chi connectivity index (χ1n) is 11.4. The van der Waals surface area contributed by atoms with E-state index in [0.29, 0.717) is 56.3 Å². The van der Waals surface area contributed by atoms with Gasteiger partial charge in [-0.15, -0.1) is 0 Å². The van der Waals surface area contributed by atoms with E-state index in [1.165, 1.54) is 22.9 Å². The molecule has 5 nitrogen and oxygen atoms in total. The van der Waals surface area contributed by atoms with Crippen molar-refractivity contribution < 1.29 is 4.79 Å². The summed E-state index contributed by atoms with van der Waals surface area (Å²) >= 11 is 14.2. The SMILES string of the molecule is Cc1ccccc1CSc1nc2c(c(=O)[nH]1)[C@@H](c1ccc(Cl)cc1Cl)C1=C(CC(C)(C)CC1=O)N2. The van der Waals surface area contributed by atoms with E-state index >= 15 is 0 Å². The molecule has 0 bridgehead atoms. The molecule has 0 saturated carbocycles. The molecular weight excluding hydrogens is 501 g/mol. The molecule has 0 radical (unpaired) electrons. The van der Waals surface area contributed by atoms with E-state index < -0.39 is 5.92 Å². The zero-order chi connectivity index (χ0) is 24.9. The topological polar surface area (TPSA) is 74.8 Å². The zero-order valence-electron chi connectivity index (χ0n) is 19.7. The number of allylic oxidation sites excluding steroid dienone is 2. The Hall–Kier alpha value is -2.54. The van der Waals surface area contributed by atoms with Gasteiger partial charge in [-0.2, -0.15) is 0 Å². The normalized spacial score (nSPS) is 18.7. The van der Waals surface area contributed by atoms with Crippen molar-refractivity contribution in [3.05, 3.63) is 96.4 Å². The van der Waals surface area contributed by atoms with Crippen LogP contribution in [0.4, 0.5) is 5.82 Å². The summed E-state index contributed by atoms with van der Waals surface area (Å²) in [4.78, 5) is 34.6. The molecule has 3 aromatic rings. The number of ketones is 1. The second-order valence-electron chi connectivity index (χ2n) is 9.91. The molecule has 0 fully saturated rings. The lowest BCUT2D eigenvalue weighted by Crippen LogP contribution is -2.37. The minimum atomic E-state index is -0.610. The first-order chi connectivity index (χ1) is 16.6. The number of carbonyl (C=O) groups is 1. The van der Waals surface area contributed by atoms with Crippen molar-refractivity contribution in [1.29, 1.82) is 0 Å². The number of Topliss-reactive ketones (excluding diaryl/α,β-unsaturated/α-hetero) is 1. The number of rotatable bonds is 4. The number of hydrogen-bond donors (Lipinski definition) is 2. The molecule has 0 unspecified atom stereocenters. The van der Waals surface area contributed by atoms with Gasteiger partial charge in [0.1, 0.15) is 5.82 Å². The van der Waals surface area contributed by atoms with Crippen molar-refractivity contribution in [2.75, 3.05) is 5.32 Å². The lowest BCUT2D eigenvalue weighted by atomic mass is 9.69. The average molecular weight is 526 g/mol. The maximum atomic E-state index is 13.5. The van der Waals surface area contributed by atoms with Gasteiger partial charge >= 0.3 is 0 Å². The second-order valence-corrected chi connectivity index (χ2v) is 11.7. The van der Waals surface area contributed by atoms with Gasteiger partial charge in [-0.25, -0.2) is 4.98 Å². The van der Waals surface area contributed by atoms with Crippen LogP contribution in [0.1, 0.15) is 54.9 Å². The number of H-pyrrole nitrogens is 1. The van der Waals surface area contributed by atoms with Crippen LogP contribution in [0.15, 0.2) is 63.7 Å². The minimum absolute atomic E-state index is 0.0165. The highest BCUT2D eigenvalue weighted by molar-refractivity contribution is 7.98. The summed E-state index contributed by atoms with van der Waals surface area (Å²) in [6, 6.07) is 13.3. The van der Waals surface area contributed by atoms with Gasteiger partial charge in [0.2, 0.25) is 0 Å². The van der Waals surface area contributed by atoms with Crippen molar-refractivity contribution in [2.24, 2.45) is 5.41 Å². The minimum Gasteiger partial charge on any atom is -0.343 e. The summed E-state index contributed by atoms with van der Waals surface area (Å²) in [6.07, 6.45) is 1.08. The molecule has 35 heavy (non-hydrogen) atoms. The number of aromatic amines is 1. The first kappa shape index (κ1) is 24.2. The number of carbonyl (C=O) groups excluding carboxylic acids is 1. The lowest BCUT2D eigenvalue weighted by Gasteiger charge is -2.38. The molecule has 1 aliphatic carbocycles. The average Bonchev–Trinajstić information content (AvgIpc) is 2.76. The van der Waals surface area contributed by atoms with Crippen molar-refractivity contribution >= 4 is 46.6 Å². The van der Waals surface area contributed by atoms with Crippen molar-refractivity contribution in [1.82, 2.24) is 9.97 Å². The van der Waals surface area contributed by atoms with Crippen LogP contribution in [0.25, 0.3) is 0 Å². The summed E-state index contributed by atoms with van der Waals surface area (Å²) in [5, 5.41) is 4.78. The Morgan fingerprint density at radius 2 is 1.89 bits per heavy atom. The fourth-order valence-corrected chi connectivity index (χ4v) is 6.38. The molecule has 5 rings (SSSR count). The Kier molecular flexibility index (Phi) is 6.32. The van der Waals surface area contributed by atoms with Gasteiger partial charge in [-0.1, -0.05) is 79.1 Å². The molecule has 0 spiro atoms. The maximum Gasteiger partial charge on any atom is 0.257 e. The predicted molar refractivity (Wildman–Crippen MR) is 143 cm³/mol. The van der Waals surface area contributed by atoms with Crippen LogP contribution in [0.3, 0.4) is 0 Å². The fraction of sp³-hybridized carbons (Fsp3) is 0.296. The Balaban J connectivity index is 1.61. The number of benzene rings is 2. The van der Waals surface area contributed by atoms with Crippen LogP contribution in [0.2, 0.25) is 10.0 Å². The summed E-state index contributed by atoms with van der Waals surface area (Å²) in [7, 11) is 0. The van der Waals surface area contributed by atoms with Crippen LogP contribution in [-0.4, -0.2) is 15.8 Å². The van der Waals surface area contributed by atoms with Crippen LogP contribution in [-0.2, 0) is 10.5 Å². The molecule has 1 atom stereocenters. The molecule has 180 valence electrons. The number of anilines is 1. The predicted octanol–water partition coefficient (Wildman–Crippen LogP) is 6.88. The number of nitrogens with one attached hydrogen (secondary N) is 2. The van der Waals surface area contributed by atoms with Gasteiger partial charge in [-0.05, 0) is 47.6 Å². The van der Waals surface area contributed by atoms with Gasteiger partial charge in [-0.3, -0.25) is 9.59 Å². The summed E-state index contributed by atoms with van der Waals surface area (Å²) in [6.45, 7) is 6.21. The standard InChI is InChI=1S/C27H25Cl2N3O2S/c1-14-6-4-5-7-15(14)13-35-26-31-24-23(25(34)32-26)21(17-9-8-16(28)10-18(17)29)22-19(30-24)11-27(2,3)12-20(22)33/h4-10,21H,11-13H2,1-3H3,(H2,30,31,32,34)/t21-/m0/s1. The van der Waals surface area contributed by atoms with Gasteiger partial charge in [0, 0.05) is 39.4 Å². The number of thioether (sulfide) groups is 1. The molecular formula is C27H25Cl2N3O2S.